The summed E-state index contributed by atoms with van der Waals surface area (Å²) in [7, 11) is 0. The molecule has 0 atom stereocenters. The van der Waals surface area contributed by atoms with Crippen LogP contribution in [0, 0.1) is 0 Å². The van der Waals surface area contributed by atoms with Crippen molar-refractivity contribution in [3.63, 3.8) is 0 Å². The topological polar surface area (TPSA) is 40.6 Å². The first-order valence-corrected chi connectivity index (χ1v) is 11.9. The minimum absolute atomic E-state index is 0.115. The number of amides is 2. The van der Waals surface area contributed by atoms with Crippen LogP contribution in [-0.2, 0) is 9.59 Å². The van der Waals surface area contributed by atoms with E-state index in [0.29, 0.717) is 45.7 Å². The summed E-state index contributed by atoms with van der Waals surface area (Å²) in [5.74, 6) is -0.230. The van der Waals surface area contributed by atoms with Gasteiger partial charge in [-0.25, -0.2) is 0 Å². The number of carbonyl (C=O) groups excluding carboxylic acids is 2. The van der Waals surface area contributed by atoms with Gasteiger partial charge in [0, 0.05) is 23.1 Å². The Kier molecular flexibility index (Phi) is 6.73. The van der Waals surface area contributed by atoms with E-state index in [1.54, 1.807) is 34.1 Å². The average Bonchev–Trinajstić information content (AvgIpc) is 3.23. The number of halogens is 2. The first-order chi connectivity index (χ1) is 15.5. The molecule has 0 saturated carbocycles. The molecule has 0 aromatic heterocycles. The molecule has 0 N–H and O–H groups in total. The van der Waals surface area contributed by atoms with Crippen molar-refractivity contribution in [2.75, 3.05) is 13.1 Å². The summed E-state index contributed by atoms with van der Waals surface area (Å²) in [5.41, 5.74) is 4.01. The molecule has 0 unspecified atom stereocenters. The molecule has 4 nitrogen and oxygen atoms in total. The van der Waals surface area contributed by atoms with Crippen molar-refractivity contribution in [1.29, 1.82) is 0 Å². The zero-order chi connectivity index (χ0) is 22.8. The highest BCUT2D eigenvalue weighted by Gasteiger charge is 2.48. The normalized spacial score (nSPS) is 16.0. The van der Waals surface area contributed by atoms with Gasteiger partial charge in [-0.2, -0.15) is 0 Å². The van der Waals surface area contributed by atoms with Gasteiger partial charge in [-0.1, -0.05) is 74.2 Å². The lowest BCUT2D eigenvalue weighted by atomic mass is 10.0. The molecule has 2 aliphatic rings. The van der Waals surface area contributed by atoms with Crippen LogP contribution in [-0.4, -0.2) is 34.7 Å². The van der Waals surface area contributed by atoms with Crippen molar-refractivity contribution in [3.05, 3.63) is 80.8 Å². The molecule has 4 rings (SSSR count). The van der Waals surface area contributed by atoms with E-state index in [1.807, 2.05) is 24.3 Å². The second-order valence-electron chi connectivity index (χ2n) is 8.08. The highest BCUT2D eigenvalue weighted by atomic mass is 35.5. The third-order valence-electron chi connectivity index (χ3n) is 5.89. The van der Waals surface area contributed by atoms with E-state index in [-0.39, 0.29) is 11.8 Å². The fourth-order valence-corrected chi connectivity index (χ4v) is 4.52. The van der Waals surface area contributed by atoms with E-state index in [9.17, 15) is 9.59 Å². The lowest BCUT2D eigenvalue weighted by molar-refractivity contribution is -0.124. The zero-order valence-corrected chi connectivity index (χ0v) is 19.8. The Bertz CT molecular complexity index is 1010. The van der Waals surface area contributed by atoms with Crippen LogP contribution in [0.3, 0.4) is 0 Å². The Morgan fingerprint density at radius 2 is 0.969 bits per heavy atom. The highest BCUT2D eigenvalue weighted by Crippen LogP contribution is 2.46. The van der Waals surface area contributed by atoms with Crippen LogP contribution in [0.2, 0.25) is 10.0 Å². The minimum atomic E-state index is -0.115. The number of hydrogen-bond donors (Lipinski definition) is 0. The van der Waals surface area contributed by atoms with Crippen LogP contribution in [0.4, 0.5) is 0 Å². The molecule has 0 aliphatic carbocycles. The van der Waals surface area contributed by atoms with Crippen LogP contribution >= 0.6 is 23.2 Å². The molecule has 2 aliphatic heterocycles. The molecule has 6 heteroatoms. The summed E-state index contributed by atoms with van der Waals surface area (Å²) in [6.07, 6.45) is 3.61. The standard InChI is InChI=1S/C26H26Cl2N2O2/c1-3-5-15-29-23(17-7-11-19(27)12-8-17)21-22(25(29)31)24(18-9-13-20(28)14-10-18)30(26(21)32)16-6-4-2/h7-14H,3-6,15-16H2,1-2H3. The van der Waals surface area contributed by atoms with Gasteiger partial charge < -0.3 is 9.80 Å². The van der Waals surface area contributed by atoms with Crippen LogP contribution in [0.5, 0.6) is 0 Å². The molecular formula is C26H26Cl2N2O2. The SMILES string of the molecule is CCCCN1C(=O)C2=C(c3ccc(Cl)cc3)N(CCCC)C(=O)C2=C1c1ccc(Cl)cc1. The Morgan fingerprint density at radius 1 is 0.625 bits per heavy atom. The molecule has 2 aromatic rings. The van der Waals surface area contributed by atoms with Crippen molar-refractivity contribution < 1.29 is 9.59 Å². The summed E-state index contributed by atoms with van der Waals surface area (Å²) >= 11 is 12.2. The predicted molar refractivity (Wildman–Crippen MR) is 130 cm³/mol. The van der Waals surface area contributed by atoms with E-state index in [1.165, 1.54) is 0 Å². The molecule has 0 bridgehead atoms. The molecule has 166 valence electrons. The lowest BCUT2D eigenvalue weighted by Gasteiger charge is -2.25. The molecule has 2 amide bonds. The number of benzene rings is 2. The second-order valence-corrected chi connectivity index (χ2v) is 8.95. The summed E-state index contributed by atoms with van der Waals surface area (Å²) in [5, 5.41) is 1.23. The minimum Gasteiger partial charge on any atom is -0.307 e. The van der Waals surface area contributed by atoms with Gasteiger partial charge in [-0.15, -0.1) is 0 Å². The third-order valence-corrected chi connectivity index (χ3v) is 6.39. The molecular weight excluding hydrogens is 443 g/mol. The number of nitrogens with zero attached hydrogens (tertiary/aromatic N) is 2. The zero-order valence-electron chi connectivity index (χ0n) is 18.3. The Balaban J connectivity index is 1.95. The van der Waals surface area contributed by atoms with Gasteiger partial charge in [-0.3, -0.25) is 9.59 Å². The maximum Gasteiger partial charge on any atom is 0.261 e. The van der Waals surface area contributed by atoms with Crippen LogP contribution < -0.4 is 0 Å². The van der Waals surface area contributed by atoms with Gasteiger partial charge in [0.15, 0.2) is 0 Å². The first kappa shape index (κ1) is 22.6. The summed E-state index contributed by atoms with van der Waals surface area (Å²) in [6.45, 7) is 5.31. The van der Waals surface area contributed by atoms with E-state index < -0.39 is 0 Å². The van der Waals surface area contributed by atoms with Crippen molar-refractivity contribution in [2.24, 2.45) is 0 Å². The first-order valence-electron chi connectivity index (χ1n) is 11.1. The Morgan fingerprint density at radius 3 is 1.28 bits per heavy atom. The average molecular weight is 469 g/mol. The van der Waals surface area contributed by atoms with Gasteiger partial charge in [0.25, 0.3) is 11.8 Å². The quantitative estimate of drug-likeness (QED) is 0.449. The Hall–Kier alpha value is -2.56. The highest BCUT2D eigenvalue weighted by molar-refractivity contribution is 6.32. The second kappa shape index (κ2) is 9.51. The van der Waals surface area contributed by atoms with Gasteiger partial charge >= 0.3 is 0 Å². The summed E-state index contributed by atoms with van der Waals surface area (Å²) < 4.78 is 0. The van der Waals surface area contributed by atoms with E-state index in [2.05, 4.69) is 13.8 Å². The predicted octanol–water partition coefficient (Wildman–Crippen LogP) is 6.40. The number of hydrogen-bond acceptors (Lipinski definition) is 2. The fourth-order valence-electron chi connectivity index (χ4n) is 4.27. The maximum absolute atomic E-state index is 13.8. The molecule has 0 radical (unpaired) electrons. The van der Waals surface area contributed by atoms with Crippen molar-refractivity contribution >= 4 is 46.4 Å². The molecule has 0 spiro atoms. The molecule has 0 fully saturated rings. The number of rotatable bonds is 8. The summed E-state index contributed by atoms with van der Waals surface area (Å²) in [4.78, 5) is 31.0. The van der Waals surface area contributed by atoms with Crippen molar-refractivity contribution in [1.82, 2.24) is 9.80 Å². The van der Waals surface area contributed by atoms with Gasteiger partial charge in [0.1, 0.15) is 0 Å². The molecule has 2 heterocycles. The Labute approximate surface area is 199 Å². The lowest BCUT2D eigenvalue weighted by Crippen LogP contribution is -2.31. The smallest absolute Gasteiger partial charge is 0.261 e. The van der Waals surface area contributed by atoms with E-state index in [0.717, 1.165) is 36.8 Å². The van der Waals surface area contributed by atoms with Crippen molar-refractivity contribution in [2.45, 2.75) is 39.5 Å². The van der Waals surface area contributed by atoms with E-state index >= 15 is 0 Å². The molecule has 32 heavy (non-hydrogen) atoms. The van der Waals surface area contributed by atoms with Crippen molar-refractivity contribution in [3.8, 4) is 0 Å². The summed E-state index contributed by atoms with van der Waals surface area (Å²) in [6, 6.07) is 14.7. The monoisotopic (exact) mass is 468 g/mol. The van der Waals surface area contributed by atoms with Crippen LogP contribution in [0.15, 0.2) is 59.7 Å². The number of unbranched alkanes of at least 4 members (excludes halogenated alkanes) is 2. The maximum atomic E-state index is 13.8. The van der Waals surface area contributed by atoms with Gasteiger partial charge in [-0.05, 0) is 48.2 Å². The van der Waals surface area contributed by atoms with Gasteiger partial charge in [0.05, 0.1) is 22.5 Å². The van der Waals surface area contributed by atoms with E-state index in [4.69, 9.17) is 23.2 Å². The number of carbonyl (C=O) groups is 2. The molecule has 2 aromatic carbocycles. The molecule has 0 saturated heterocycles. The third kappa shape index (κ3) is 3.98. The van der Waals surface area contributed by atoms with Crippen LogP contribution in [0.25, 0.3) is 11.4 Å². The van der Waals surface area contributed by atoms with Gasteiger partial charge in [0.2, 0.25) is 0 Å². The fraction of sp³-hybridized carbons (Fsp3) is 0.308. The largest absolute Gasteiger partial charge is 0.307 e. The van der Waals surface area contributed by atoms with Crippen LogP contribution in [0.1, 0.15) is 50.7 Å². The number of fused-ring (bicyclic) bond motifs is 1.